The van der Waals surface area contributed by atoms with Gasteiger partial charge in [-0.15, -0.1) is 10.2 Å². The highest BCUT2D eigenvalue weighted by molar-refractivity contribution is 7.91. The molecule has 1 aromatic carbocycles. The Balaban J connectivity index is 1.87. The largest absolute Gasteiger partial charge is 0.492 e. The predicted octanol–water partition coefficient (Wildman–Crippen LogP) is 1.80. The average Bonchev–Trinajstić information content (AvgIpc) is 3.01. The SMILES string of the molecule is Cc1cccc(OCCNS(=O)(=O)c2nnc(NC(=O)C(C)C)s2)c1. The van der Waals surface area contributed by atoms with Gasteiger partial charge < -0.3 is 10.1 Å². The van der Waals surface area contributed by atoms with Gasteiger partial charge >= 0.3 is 0 Å². The van der Waals surface area contributed by atoms with Gasteiger partial charge in [0.15, 0.2) is 0 Å². The predicted molar refractivity (Wildman–Crippen MR) is 95.2 cm³/mol. The molecule has 0 unspecified atom stereocenters. The molecule has 136 valence electrons. The number of aryl methyl sites for hydroxylation is 1. The van der Waals surface area contributed by atoms with Crippen LogP contribution in [0.2, 0.25) is 0 Å². The van der Waals surface area contributed by atoms with Gasteiger partial charge in [-0.3, -0.25) is 4.79 Å². The van der Waals surface area contributed by atoms with Gasteiger partial charge in [0.25, 0.3) is 10.0 Å². The summed E-state index contributed by atoms with van der Waals surface area (Å²) in [6.45, 7) is 5.66. The Kier molecular flexibility index (Phi) is 6.45. The summed E-state index contributed by atoms with van der Waals surface area (Å²) in [5, 5.41) is 9.95. The zero-order chi connectivity index (χ0) is 18.4. The number of carbonyl (C=O) groups is 1. The van der Waals surface area contributed by atoms with Crippen molar-refractivity contribution in [3.05, 3.63) is 29.8 Å². The quantitative estimate of drug-likeness (QED) is 0.530. The molecular formula is C15H20N4O4S2. The maximum Gasteiger partial charge on any atom is 0.269 e. The van der Waals surface area contributed by atoms with Crippen molar-refractivity contribution in [3.8, 4) is 5.75 Å². The van der Waals surface area contributed by atoms with E-state index in [0.717, 1.165) is 16.9 Å². The van der Waals surface area contributed by atoms with E-state index in [1.807, 2.05) is 25.1 Å². The summed E-state index contributed by atoms with van der Waals surface area (Å²) in [6, 6.07) is 7.47. The van der Waals surface area contributed by atoms with Gasteiger partial charge in [-0.05, 0) is 24.6 Å². The van der Waals surface area contributed by atoms with Crippen molar-refractivity contribution < 1.29 is 17.9 Å². The van der Waals surface area contributed by atoms with Crippen molar-refractivity contribution in [2.24, 2.45) is 5.92 Å². The molecule has 0 saturated heterocycles. The molecule has 0 aliphatic heterocycles. The molecule has 0 aliphatic carbocycles. The van der Waals surface area contributed by atoms with Gasteiger partial charge in [0.2, 0.25) is 15.4 Å². The molecule has 10 heteroatoms. The Hall–Kier alpha value is -2.04. The smallest absolute Gasteiger partial charge is 0.269 e. The van der Waals surface area contributed by atoms with E-state index in [2.05, 4.69) is 20.2 Å². The van der Waals surface area contributed by atoms with Gasteiger partial charge in [-0.25, -0.2) is 13.1 Å². The fraction of sp³-hybridized carbons (Fsp3) is 0.400. The highest BCUT2D eigenvalue weighted by Crippen LogP contribution is 2.20. The van der Waals surface area contributed by atoms with Gasteiger partial charge in [0.05, 0.1) is 0 Å². The Morgan fingerprint density at radius 1 is 1.32 bits per heavy atom. The van der Waals surface area contributed by atoms with E-state index in [0.29, 0.717) is 5.75 Å². The minimum atomic E-state index is -3.79. The van der Waals surface area contributed by atoms with Crippen LogP contribution in [0.15, 0.2) is 28.6 Å². The van der Waals surface area contributed by atoms with E-state index in [9.17, 15) is 13.2 Å². The monoisotopic (exact) mass is 384 g/mol. The Labute approximate surface area is 150 Å². The number of carbonyl (C=O) groups excluding carboxylic acids is 1. The molecule has 0 aliphatic rings. The summed E-state index contributed by atoms with van der Waals surface area (Å²) in [5.41, 5.74) is 1.06. The van der Waals surface area contributed by atoms with Gasteiger partial charge in [-0.1, -0.05) is 37.3 Å². The number of nitrogens with one attached hydrogen (secondary N) is 2. The molecule has 2 rings (SSSR count). The number of rotatable bonds is 8. The Morgan fingerprint density at radius 2 is 2.08 bits per heavy atom. The number of sulfonamides is 1. The number of anilines is 1. The first-order chi connectivity index (χ1) is 11.8. The molecule has 0 saturated carbocycles. The second-order valence-electron chi connectivity index (χ2n) is 5.58. The van der Waals surface area contributed by atoms with Crippen LogP contribution in [0.3, 0.4) is 0 Å². The number of benzene rings is 1. The van der Waals surface area contributed by atoms with Crippen LogP contribution in [-0.4, -0.2) is 37.7 Å². The van der Waals surface area contributed by atoms with Crippen molar-refractivity contribution in [2.45, 2.75) is 25.1 Å². The molecule has 0 spiro atoms. The lowest BCUT2D eigenvalue weighted by atomic mass is 10.2. The molecule has 25 heavy (non-hydrogen) atoms. The zero-order valence-electron chi connectivity index (χ0n) is 14.1. The lowest BCUT2D eigenvalue weighted by Gasteiger charge is -2.07. The molecule has 2 N–H and O–H groups in total. The molecule has 0 bridgehead atoms. The van der Waals surface area contributed by atoms with Crippen LogP contribution in [0.25, 0.3) is 0 Å². The van der Waals surface area contributed by atoms with Crippen LogP contribution >= 0.6 is 11.3 Å². The number of amides is 1. The highest BCUT2D eigenvalue weighted by Gasteiger charge is 2.21. The molecular weight excluding hydrogens is 364 g/mol. The van der Waals surface area contributed by atoms with Crippen molar-refractivity contribution >= 4 is 32.4 Å². The molecule has 0 fully saturated rings. The summed E-state index contributed by atoms with van der Waals surface area (Å²) >= 11 is 0.796. The van der Waals surface area contributed by atoms with Gasteiger partial charge in [0.1, 0.15) is 12.4 Å². The fourth-order valence-corrected chi connectivity index (χ4v) is 3.69. The lowest BCUT2D eigenvalue weighted by Crippen LogP contribution is -2.28. The normalized spacial score (nSPS) is 11.5. The summed E-state index contributed by atoms with van der Waals surface area (Å²) in [7, 11) is -3.79. The Morgan fingerprint density at radius 3 is 2.76 bits per heavy atom. The topological polar surface area (TPSA) is 110 Å². The van der Waals surface area contributed by atoms with Crippen molar-refractivity contribution in [2.75, 3.05) is 18.5 Å². The van der Waals surface area contributed by atoms with E-state index in [1.54, 1.807) is 19.9 Å². The summed E-state index contributed by atoms with van der Waals surface area (Å²) in [5.74, 6) is 0.189. The third-order valence-corrected chi connectivity index (χ3v) is 5.71. The summed E-state index contributed by atoms with van der Waals surface area (Å²) in [4.78, 5) is 11.6. The van der Waals surface area contributed by atoms with Gasteiger partial charge in [-0.2, -0.15) is 0 Å². The second kappa shape index (κ2) is 8.37. The van der Waals surface area contributed by atoms with E-state index >= 15 is 0 Å². The Bertz CT molecular complexity index is 834. The van der Waals surface area contributed by atoms with Crippen LogP contribution in [0.1, 0.15) is 19.4 Å². The lowest BCUT2D eigenvalue weighted by molar-refractivity contribution is -0.118. The third kappa shape index (κ3) is 5.76. The van der Waals surface area contributed by atoms with Crippen molar-refractivity contribution in [1.82, 2.24) is 14.9 Å². The van der Waals surface area contributed by atoms with Crippen LogP contribution < -0.4 is 14.8 Å². The first kappa shape index (κ1) is 19.3. The van der Waals surface area contributed by atoms with Crippen LogP contribution in [0, 0.1) is 12.8 Å². The number of aromatic nitrogens is 2. The maximum absolute atomic E-state index is 12.2. The highest BCUT2D eigenvalue weighted by atomic mass is 32.2. The van der Waals surface area contributed by atoms with Crippen molar-refractivity contribution in [3.63, 3.8) is 0 Å². The second-order valence-corrected chi connectivity index (χ2v) is 8.50. The average molecular weight is 384 g/mol. The zero-order valence-corrected chi connectivity index (χ0v) is 15.8. The molecule has 0 atom stereocenters. The molecule has 2 aromatic rings. The number of nitrogens with zero attached hydrogens (tertiary/aromatic N) is 2. The van der Waals surface area contributed by atoms with E-state index in [4.69, 9.17) is 4.74 Å². The van der Waals surface area contributed by atoms with E-state index in [-0.39, 0.29) is 34.4 Å². The number of ether oxygens (including phenoxy) is 1. The molecule has 1 amide bonds. The van der Waals surface area contributed by atoms with E-state index in [1.165, 1.54) is 0 Å². The minimum Gasteiger partial charge on any atom is -0.492 e. The molecule has 1 aromatic heterocycles. The molecule has 8 nitrogen and oxygen atoms in total. The van der Waals surface area contributed by atoms with Crippen LogP contribution in [-0.2, 0) is 14.8 Å². The summed E-state index contributed by atoms with van der Waals surface area (Å²) < 4.78 is 32.0. The first-order valence-electron chi connectivity index (χ1n) is 7.61. The molecule has 0 radical (unpaired) electrons. The standard InChI is InChI=1S/C15H20N4O4S2/c1-10(2)13(20)17-14-18-19-15(24-14)25(21,22)16-7-8-23-12-6-4-5-11(3)9-12/h4-6,9-10,16H,7-8H2,1-3H3,(H,17,18,20). The maximum atomic E-state index is 12.2. The van der Waals surface area contributed by atoms with Crippen LogP contribution in [0.5, 0.6) is 5.75 Å². The third-order valence-electron chi connectivity index (χ3n) is 3.04. The minimum absolute atomic E-state index is 0.0868. The van der Waals surface area contributed by atoms with Crippen LogP contribution in [0.4, 0.5) is 5.13 Å². The summed E-state index contributed by atoms with van der Waals surface area (Å²) in [6.07, 6.45) is 0. The first-order valence-corrected chi connectivity index (χ1v) is 9.91. The fourth-order valence-electron chi connectivity index (χ4n) is 1.73. The number of hydrogen-bond donors (Lipinski definition) is 2. The van der Waals surface area contributed by atoms with Gasteiger partial charge in [0, 0.05) is 12.5 Å². The van der Waals surface area contributed by atoms with E-state index < -0.39 is 10.0 Å². The number of hydrogen-bond acceptors (Lipinski definition) is 7. The molecule has 1 heterocycles. The van der Waals surface area contributed by atoms with Crippen molar-refractivity contribution in [1.29, 1.82) is 0 Å².